The van der Waals surface area contributed by atoms with Gasteiger partial charge in [-0.05, 0) is 41.8 Å². The molecule has 18 heavy (non-hydrogen) atoms. The summed E-state index contributed by atoms with van der Waals surface area (Å²) in [5.41, 5.74) is 5.19. The largest absolute Gasteiger partial charge is 0.381 e. The summed E-state index contributed by atoms with van der Waals surface area (Å²) >= 11 is 0. The molecule has 0 radical (unpaired) electrons. The monoisotopic (exact) mass is 239 g/mol. The topological polar surface area (TPSA) is 28.2 Å². The summed E-state index contributed by atoms with van der Waals surface area (Å²) in [5.74, 6) is 0. The van der Waals surface area contributed by atoms with Crippen LogP contribution in [0, 0.1) is 0 Å². The number of anilines is 2. The molecular formula is C15H17N3. The molecule has 0 atom stereocenters. The summed E-state index contributed by atoms with van der Waals surface area (Å²) in [6.45, 7) is 1.95. The predicted octanol–water partition coefficient (Wildman–Crippen LogP) is 2.69. The molecule has 0 spiro atoms. The van der Waals surface area contributed by atoms with E-state index in [-0.39, 0.29) is 0 Å². The van der Waals surface area contributed by atoms with Crippen molar-refractivity contribution in [3.8, 4) is 0 Å². The molecule has 0 fully saturated rings. The summed E-state index contributed by atoms with van der Waals surface area (Å²) in [4.78, 5) is 6.42. The molecule has 0 saturated carbocycles. The van der Waals surface area contributed by atoms with Gasteiger partial charge >= 0.3 is 0 Å². The maximum Gasteiger partial charge on any atom is 0.0416 e. The van der Waals surface area contributed by atoms with Gasteiger partial charge < -0.3 is 10.2 Å². The lowest BCUT2D eigenvalue weighted by Crippen LogP contribution is -2.12. The van der Waals surface area contributed by atoms with E-state index < -0.39 is 0 Å². The van der Waals surface area contributed by atoms with Gasteiger partial charge in [0.15, 0.2) is 0 Å². The SMILES string of the molecule is CN1CCc2cc(NCc3cccnc3)ccc21. The fraction of sp³-hybridized carbons (Fsp3) is 0.267. The Bertz CT molecular complexity index is 537. The van der Waals surface area contributed by atoms with Crippen LogP contribution < -0.4 is 10.2 Å². The molecule has 3 heteroatoms. The molecule has 92 valence electrons. The third kappa shape index (κ3) is 2.16. The van der Waals surface area contributed by atoms with E-state index in [0.29, 0.717) is 0 Å². The van der Waals surface area contributed by atoms with Gasteiger partial charge in [-0.15, -0.1) is 0 Å². The van der Waals surface area contributed by atoms with Crippen molar-refractivity contribution in [3.63, 3.8) is 0 Å². The minimum atomic E-state index is 0.822. The van der Waals surface area contributed by atoms with Crippen LogP contribution in [0.2, 0.25) is 0 Å². The Morgan fingerprint density at radius 1 is 1.33 bits per heavy atom. The molecule has 1 N–H and O–H groups in total. The van der Waals surface area contributed by atoms with Crippen molar-refractivity contribution in [3.05, 3.63) is 53.9 Å². The van der Waals surface area contributed by atoms with Gasteiger partial charge in [-0.25, -0.2) is 0 Å². The van der Waals surface area contributed by atoms with Crippen LogP contribution in [0.4, 0.5) is 11.4 Å². The maximum absolute atomic E-state index is 4.12. The average molecular weight is 239 g/mol. The molecule has 0 saturated heterocycles. The predicted molar refractivity (Wildman–Crippen MR) is 75.0 cm³/mol. The zero-order chi connectivity index (χ0) is 12.4. The Balaban J connectivity index is 1.71. The number of pyridine rings is 1. The molecule has 1 aromatic heterocycles. The highest BCUT2D eigenvalue weighted by atomic mass is 15.1. The molecule has 3 rings (SSSR count). The first-order valence-corrected chi connectivity index (χ1v) is 6.30. The lowest BCUT2D eigenvalue weighted by atomic mass is 10.1. The van der Waals surface area contributed by atoms with Crippen LogP contribution in [-0.4, -0.2) is 18.6 Å². The second-order valence-electron chi connectivity index (χ2n) is 4.73. The number of rotatable bonds is 3. The van der Waals surface area contributed by atoms with E-state index in [0.717, 1.165) is 19.5 Å². The van der Waals surface area contributed by atoms with E-state index in [4.69, 9.17) is 0 Å². The van der Waals surface area contributed by atoms with E-state index in [1.165, 1.54) is 22.5 Å². The van der Waals surface area contributed by atoms with Crippen molar-refractivity contribution in [2.24, 2.45) is 0 Å². The van der Waals surface area contributed by atoms with E-state index in [2.05, 4.69) is 46.5 Å². The van der Waals surface area contributed by atoms with Gasteiger partial charge in [-0.3, -0.25) is 4.98 Å². The third-order valence-electron chi connectivity index (χ3n) is 3.43. The second-order valence-corrected chi connectivity index (χ2v) is 4.73. The van der Waals surface area contributed by atoms with Gasteiger partial charge in [0.2, 0.25) is 0 Å². The van der Waals surface area contributed by atoms with E-state index in [1.807, 2.05) is 12.3 Å². The molecule has 1 aliphatic rings. The normalized spacial score (nSPS) is 13.5. The summed E-state index contributed by atoms with van der Waals surface area (Å²) in [6.07, 6.45) is 4.84. The third-order valence-corrected chi connectivity index (χ3v) is 3.43. The van der Waals surface area contributed by atoms with Gasteiger partial charge in [0.05, 0.1) is 0 Å². The molecular weight excluding hydrogens is 222 g/mol. The van der Waals surface area contributed by atoms with Crippen LogP contribution in [0.25, 0.3) is 0 Å². The fourth-order valence-electron chi connectivity index (χ4n) is 2.38. The zero-order valence-electron chi connectivity index (χ0n) is 10.6. The molecule has 0 bridgehead atoms. The Morgan fingerprint density at radius 3 is 3.11 bits per heavy atom. The van der Waals surface area contributed by atoms with E-state index in [1.54, 1.807) is 6.20 Å². The minimum absolute atomic E-state index is 0.822. The summed E-state index contributed by atoms with van der Waals surface area (Å²) < 4.78 is 0. The van der Waals surface area contributed by atoms with Gasteiger partial charge in [-0.2, -0.15) is 0 Å². The lowest BCUT2D eigenvalue weighted by Gasteiger charge is -2.13. The molecule has 0 aliphatic carbocycles. The highest BCUT2D eigenvalue weighted by Crippen LogP contribution is 2.29. The summed E-state index contributed by atoms with van der Waals surface area (Å²) in [6, 6.07) is 10.7. The van der Waals surface area contributed by atoms with Crippen molar-refractivity contribution in [2.75, 3.05) is 23.8 Å². The Morgan fingerprint density at radius 2 is 2.28 bits per heavy atom. The van der Waals surface area contributed by atoms with E-state index in [9.17, 15) is 0 Å². The highest BCUT2D eigenvalue weighted by Gasteiger charge is 2.15. The van der Waals surface area contributed by atoms with E-state index >= 15 is 0 Å². The molecule has 0 amide bonds. The van der Waals surface area contributed by atoms with Crippen LogP contribution in [0.5, 0.6) is 0 Å². The van der Waals surface area contributed by atoms with Crippen LogP contribution in [0.1, 0.15) is 11.1 Å². The number of aromatic nitrogens is 1. The van der Waals surface area contributed by atoms with Crippen molar-refractivity contribution >= 4 is 11.4 Å². The fourth-order valence-corrected chi connectivity index (χ4v) is 2.38. The van der Waals surface area contributed by atoms with Crippen molar-refractivity contribution in [2.45, 2.75) is 13.0 Å². The standard InChI is InChI=1S/C15H17N3/c1-18-8-6-13-9-14(4-5-15(13)18)17-11-12-3-2-7-16-10-12/h2-5,7,9-10,17H,6,8,11H2,1H3. The first kappa shape index (κ1) is 11.1. The second kappa shape index (κ2) is 4.69. The highest BCUT2D eigenvalue weighted by molar-refractivity contribution is 5.63. The molecule has 3 nitrogen and oxygen atoms in total. The molecule has 2 aromatic rings. The first-order valence-electron chi connectivity index (χ1n) is 6.30. The molecule has 1 aromatic carbocycles. The average Bonchev–Trinajstić information content (AvgIpc) is 2.79. The maximum atomic E-state index is 4.12. The Kier molecular flexibility index (Phi) is 2.89. The number of hydrogen-bond donors (Lipinski definition) is 1. The van der Waals surface area contributed by atoms with Crippen molar-refractivity contribution in [1.82, 2.24) is 4.98 Å². The van der Waals surface area contributed by atoms with Gasteiger partial charge in [0.1, 0.15) is 0 Å². The molecule has 0 unspecified atom stereocenters. The van der Waals surface area contributed by atoms with Gasteiger partial charge in [0.25, 0.3) is 0 Å². The number of nitrogens with one attached hydrogen (secondary N) is 1. The number of hydrogen-bond acceptors (Lipinski definition) is 3. The van der Waals surface area contributed by atoms with Crippen LogP contribution in [-0.2, 0) is 13.0 Å². The number of fused-ring (bicyclic) bond motifs is 1. The van der Waals surface area contributed by atoms with Crippen molar-refractivity contribution in [1.29, 1.82) is 0 Å². The first-order chi connectivity index (χ1) is 8.83. The molecule has 1 aliphatic heterocycles. The number of nitrogens with zero attached hydrogens (tertiary/aromatic N) is 2. The zero-order valence-corrected chi connectivity index (χ0v) is 10.6. The number of benzene rings is 1. The number of likely N-dealkylation sites (N-methyl/N-ethyl adjacent to an activating group) is 1. The Hall–Kier alpha value is -2.03. The lowest BCUT2D eigenvalue weighted by molar-refractivity contribution is 0.956. The quantitative estimate of drug-likeness (QED) is 0.892. The Labute approximate surface area is 107 Å². The van der Waals surface area contributed by atoms with Crippen LogP contribution in [0.3, 0.4) is 0 Å². The van der Waals surface area contributed by atoms with Gasteiger partial charge in [-0.1, -0.05) is 6.07 Å². The van der Waals surface area contributed by atoms with Gasteiger partial charge in [0, 0.05) is 43.9 Å². The van der Waals surface area contributed by atoms with Crippen LogP contribution >= 0.6 is 0 Å². The summed E-state index contributed by atoms with van der Waals surface area (Å²) in [7, 11) is 2.15. The minimum Gasteiger partial charge on any atom is -0.381 e. The molecule has 2 heterocycles. The summed E-state index contributed by atoms with van der Waals surface area (Å²) in [5, 5.41) is 3.45. The van der Waals surface area contributed by atoms with Crippen molar-refractivity contribution < 1.29 is 0 Å². The van der Waals surface area contributed by atoms with Crippen LogP contribution in [0.15, 0.2) is 42.7 Å². The smallest absolute Gasteiger partial charge is 0.0416 e.